The van der Waals surface area contributed by atoms with Crippen LogP contribution in [0.2, 0.25) is 6.04 Å². The van der Waals surface area contributed by atoms with Crippen molar-refractivity contribution >= 4 is 8.80 Å². The van der Waals surface area contributed by atoms with Gasteiger partial charge in [0.2, 0.25) is 0 Å². The van der Waals surface area contributed by atoms with Crippen molar-refractivity contribution in [3.05, 3.63) is 0 Å². The predicted molar refractivity (Wildman–Crippen MR) is 72.7 cm³/mol. The highest BCUT2D eigenvalue weighted by atomic mass is 28.4. The second-order valence-electron chi connectivity index (χ2n) is 4.50. The standard InChI is InChI=1S/C12H27NO4Si/c1-5-13(6-2)10-12-11-16-8-7-9-18(14-3,15-4)17-12/h12H,5-11H2,1-4H3. The Morgan fingerprint density at radius 3 is 2.44 bits per heavy atom. The summed E-state index contributed by atoms with van der Waals surface area (Å²) in [5, 5.41) is 0. The second-order valence-corrected chi connectivity index (χ2v) is 7.41. The molecular formula is C12H27NO4Si. The maximum absolute atomic E-state index is 6.14. The summed E-state index contributed by atoms with van der Waals surface area (Å²) < 4.78 is 22.9. The number of hydrogen-bond acceptors (Lipinski definition) is 5. The van der Waals surface area contributed by atoms with Crippen LogP contribution in [0.15, 0.2) is 0 Å². The molecule has 1 rings (SSSR count). The van der Waals surface area contributed by atoms with Gasteiger partial charge in [0.05, 0.1) is 12.7 Å². The van der Waals surface area contributed by atoms with Gasteiger partial charge in [0.15, 0.2) is 0 Å². The van der Waals surface area contributed by atoms with Crippen molar-refractivity contribution in [2.75, 3.05) is 47.1 Å². The van der Waals surface area contributed by atoms with Crippen molar-refractivity contribution in [3.63, 3.8) is 0 Å². The Labute approximate surface area is 112 Å². The first kappa shape index (κ1) is 16.1. The van der Waals surface area contributed by atoms with Crippen molar-refractivity contribution in [2.45, 2.75) is 32.4 Å². The summed E-state index contributed by atoms with van der Waals surface area (Å²) in [6, 6.07) is 0.828. The van der Waals surface area contributed by atoms with Gasteiger partial charge in [-0.1, -0.05) is 13.8 Å². The van der Waals surface area contributed by atoms with E-state index in [1.54, 1.807) is 14.2 Å². The Kier molecular flexibility index (Phi) is 7.36. The minimum atomic E-state index is -2.48. The van der Waals surface area contributed by atoms with Crippen LogP contribution in [0.3, 0.4) is 0 Å². The predicted octanol–water partition coefficient (Wildman–Crippen LogP) is 1.37. The molecule has 1 fully saturated rings. The van der Waals surface area contributed by atoms with Crippen LogP contribution in [0, 0.1) is 0 Å². The molecule has 6 heteroatoms. The van der Waals surface area contributed by atoms with E-state index >= 15 is 0 Å². The Balaban J connectivity index is 2.63. The molecule has 0 aromatic carbocycles. The van der Waals surface area contributed by atoms with Crippen LogP contribution in [0.4, 0.5) is 0 Å². The van der Waals surface area contributed by atoms with Gasteiger partial charge in [0, 0.05) is 33.4 Å². The third-order valence-corrected chi connectivity index (χ3v) is 6.30. The van der Waals surface area contributed by atoms with Gasteiger partial charge in [-0.3, -0.25) is 0 Å². The molecule has 1 heterocycles. The fraction of sp³-hybridized carbons (Fsp3) is 1.00. The molecule has 0 radical (unpaired) electrons. The van der Waals surface area contributed by atoms with Crippen LogP contribution in [0.1, 0.15) is 20.3 Å². The Hall–Kier alpha value is 0.0169. The lowest BCUT2D eigenvalue weighted by molar-refractivity contribution is -0.0264. The average Bonchev–Trinajstić information content (AvgIpc) is 2.38. The molecule has 1 aliphatic rings. The quantitative estimate of drug-likeness (QED) is 0.686. The van der Waals surface area contributed by atoms with E-state index in [2.05, 4.69) is 18.7 Å². The van der Waals surface area contributed by atoms with E-state index in [1.165, 1.54) is 0 Å². The Morgan fingerprint density at radius 1 is 1.22 bits per heavy atom. The molecule has 1 aliphatic heterocycles. The molecule has 0 spiro atoms. The van der Waals surface area contributed by atoms with E-state index in [0.717, 1.165) is 38.7 Å². The zero-order valence-corrected chi connectivity index (χ0v) is 13.1. The van der Waals surface area contributed by atoms with E-state index in [-0.39, 0.29) is 6.10 Å². The second kappa shape index (κ2) is 8.24. The molecule has 0 amide bonds. The fourth-order valence-electron chi connectivity index (χ4n) is 2.20. The summed E-state index contributed by atoms with van der Waals surface area (Å²) in [5.74, 6) is 0. The zero-order valence-electron chi connectivity index (χ0n) is 12.1. The highest BCUT2D eigenvalue weighted by Gasteiger charge is 2.42. The molecule has 0 saturated carbocycles. The van der Waals surface area contributed by atoms with Crippen molar-refractivity contribution < 1.29 is 18.0 Å². The number of nitrogens with zero attached hydrogens (tertiary/aromatic N) is 1. The summed E-state index contributed by atoms with van der Waals surface area (Å²) >= 11 is 0. The molecule has 0 bridgehead atoms. The van der Waals surface area contributed by atoms with Crippen LogP contribution in [-0.4, -0.2) is 66.9 Å². The maximum atomic E-state index is 6.14. The summed E-state index contributed by atoms with van der Waals surface area (Å²) in [7, 11) is 0.899. The molecule has 5 nitrogen and oxygen atoms in total. The van der Waals surface area contributed by atoms with Crippen LogP contribution >= 0.6 is 0 Å². The lowest BCUT2D eigenvalue weighted by atomic mass is 10.3. The van der Waals surface area contributed by atoms with Crippen molar-refractivity contribution in [2.24, 2.45) is 0 Å². The van der Waals surface area contributed by atoms with Crippen molar-refractivity contribution in [3.8, 4) is 0 Å². The van der Waals surface area contributed by atoms with Crippen LogP contribution < -0.4 is 0 Å². The molecule has 0 aromatic rings. The first-order valence-corrected chi connectivity index (χ1v) is 8.71. The molecular weight excluding hydrogens is 250 g/mol. The highest BCUT2D eigenvalue weighted by molar-refractivity contribution is 6.60. The minimum absolute atomic E-state index is 0.0387. The molecule has 1 unspecified atom stereocenters. The lowest BCUT2D eigenvalue weighted by Crippen LogP contribution is -2.51. The number of hydrogen-bond donors (Lipinski definition) is 0. The van der Waals surface area contributed by atoms with E-state index in [4.69, 9.17) is 18.0 Å². The SMILES string of the molecule is CCN(CC)CC1COCCC[Si](OC)(OC)O1. The fourth-order valence-corrected chi connectivity index (χ4v) is 4.31. The van der Waals surface area contributed by atoms with Crippen molar-refractivity contribution in [1.82, 2.24) is 4.90 Å². The number of ether oxygens (including phenoxy) is 1. The van der Waals surface area contributed by atoms with Gasteiger partial charge in [-0.2, -0.15) is 0 Å². The maximum Gasteiger partial charge on any atom is 0.500 e. The first-order valence-electron chi connectivity index (χ1n) is 6.77. The summed E-state index contributed by atoms with van der Waals surface area (Å²) in [6.45, 7) is 8.61. The smallest absolute Gasteiger partial charge is 0.379 e. The average molecular weight is 277 g/mol. The molecule has 1 atom stereocenters. The lowest BCUT2D eigenvalue weighted by Gasteiger charge is -2.35. The van der Waals surface area contributed by atoms with Gasteiger partial charge in [-0.05, 0) is 19.5 Å². The largest absolute Gasteiger partial charge is 0.500 e. The zero-order chi connectivity index (χ0) is 13.4. The van der Waals surface area contributed by atoms with E-state index in [1.807, 2.05) is 0 Å². The van der Waals surface area contributed by atoms with E-state index in [0.29, 0.717) is 6.61 Å². The van der Waals surface area contributed by atoms with E-state index in [9.17, 15) is 0 Å². The highest BCUT2D eigenvalue weighted by Crippen LogP contribution is 2.21. The van der Waals surface area contributed by atoms with Gasteiger partial charge in [0.1, 0.15) is 0 Å². The summed E-state index contributed by atoms with van der Waals surface area (Å²) in [6.07, 6.45) is 0.975. The molecule has 0 aliphatic carbocycles. The number of rotatable bonds is 6. The van der Waals surface area contributed by atoms with Crippen LogP contribution in [0.25, 0.3) is 0 Å². The van der Waals surface area contributed by atoms with Crippen molar-refractivity contribution in [1.29, 1.82) is 0 Å². The van der Waals surface area contributed by atoms with Gasteiger partial charge >= 0.3 is 8.80 Å². The molecule has 18 heavy (non-hydrogen) atoms. The van der Waals surface area contributed by atoms with Gasteiger partial charge in [-0.15, -0.1) is 0 Å². The topological polar surface area (TPSA) is 40.2 Å². The van der Waals surface area contributed by atoms with Gasteiger partial charge in [0.25, 0.3) is 0 Å². The van der Waals surface area contributed by atoms with Gasteiger partial charge in [-0.25, -0.2) is 0 Å². The monoisotopic (exact) mass is 277 g/mol. The third-order valence-electron chi connectivity index (χ3n) is 3.40. The first-order chi connectivity index (χ1) is 8.69. The Bertz CT molecular complexity index is 222. The number of likely N-dealkylation sites (N-methyl/N-ethyl adjacent to an activating group) is 1. The Morgan fingerprint density at radius 2 is 1.89 bits per heavy atom. The molecule has 108 valence electrons. The third kappa shape index (κ3) is 4.60. The molecule has 0 aromatic heterocycles. The van der Waals surface area contributed by atoms with E-state index < -0.39 is 8.80 Å². The summed E-state index contributed by atoms with van der Waals surface area (Å²) in [5.41, 5.74) is 0. The van der Waals surface area contributed by atoms with Gasteiger partial charge < -0.3 is 22.9 Å². The van der Waals surface area contributed by atoms with Crippen LogP contribution in [-0.2, 0) is 18.0 Å². The normalized spacial score (nSPS) is 24.8. The summed E-state index contributed by atoms with van der Waals surface area (Å²) in [4.78, 5) is 2.33. The molecule has 1 saturated heterocycles. The van der Waals surface area contributed by atoms with Crippen LogP contribution in [0.5, 0.6) is 0 Å². The molecule has 0 N–H and O–H groups in total. The minimum Gasteiger partial charge on any atom is -0.379 e.